The number of ether oxygens (including phenoxy) is 2. The van der Waals surface area contributed by atoms with Crippen LogP contribution in [0.1, 0.15) is 19.3 Å². The van der Waals surface area contributed by atoms with Gasteiger partial charge in [0.2, 0.25) is 4.87 Å². The molecule has 0 aromatic heterocycles. The second kappa shape index (κ2) is 7.94. The van der Waals surface area contributed by atoms with Gasteiger partial charge in [0.25, 0.3) is 0 Å². The molecule has 3 heterocycles. The molecule has 3 aliphatic heterocycles. The molecule has 0 bridgehead atoms. The van der Waals surface area contributed by atoms with E-state index in [9.17, 15) is 4.79 Å². The summed E-state index contributed by atoms with van der Waals surface area (Å²) in [7, 11) is 1.43. The molecule has 0 radical (unpaired) electrons. The first-order chi connectivity index (χ1) is 13.2. The van der Waals surface area contributed by atoms with Crippen molar-refractivity contribution in [3.8, 4) is 0 Å². The van der Waals surface area contributed by atoms with E-state index in [4.69, 9.17) is 14.5 Å². The van der Waals surface area contributed by atoms with Crippen LogP contribution >= 0.6 is 11.8 Å². The molecule has 2 fully saturated rings. The molecule has 0 saturated carbocycles. The molecule has 144 valence electrons. The van der Waals surface area contributed by atoms with Crippen LogP contribution in [-0.4, -0.2) is 56.6 Å². The van der Waals surface area contributed by atoms with Gasteiger partial charge in [0.1, 0.15) is 5.84 Å². The van der Waals surface area contributed by atoms with Crippen molar-refractivity contribution in [2.45, 2.75) is 24.1 Å². The first kappa shape index (κ1) is 18.4. The van der Waals surface area contributed by atoms with Crippen molar-refractivity contribution in [2.75, 3.05) is 49.8 Å². The molecule has 27 heavy (non-hydrogen) atoms. The Labute approximate surface area is 164 Å². The van der Waals surface area contributed by atoms with Crippen LogP contribution in [0.2, 0.25) is 0 Å². The summed E-state index contributed by atoms with van der Waals surface area (Å²) in [6.07, 6.45) is 4.49. The Hall–Kier alpha value is -1.99. The smallest absolute Gasteiger partial charge is 0.345 e. The molecule has 1 unspecified atom stereocenters. The van der Waals surface area contributed by atoms with Crippen molar-refractivity contribution in [1.82, 2.24) is 0 Å². The Balaban J connectivity index is 1.55. The zero-order chi connectivity index (χ0) is 18.7. The van der Waals surface area contributed by atoms with Gasteiger partial charge in [-0.25, -0.2) is 9.79 Å². The van der Waals surface area contributed by atoms with Gasteiger partial charge in [-0.15, -0.1) is 0 Å². The number of thioether (sulfide) groups is 1. The number of nitrogens with zero attached hydrogens (tertiary/aromatic N) is 3. The highest BCUT2D eigenvalue weighted by Crippen LogP contribution is 2.40. The summed E-state index contributed by atoms with van der Waals surface area (Å²) in [5.74, 6) is 0.690. The number of esters is 1. The fraction of sp³-hybridized carbons (Fsp3) is 0.500. The maximum Gasteiger partial charge on any atom is 0.345 e. The number of benzene rings is 1. The largest absolute Gasteiger partial charge is 0.467 e. The number of methoxy groups -OCH3 is 1. The summed E-state index contributed by atoms with van der Waals surface area (Å²) in [6.45, 7) is 4.35. The minimum Gasteiger partial charge on any atom is -0.467 e. The first-order valence-corrected chi connectivity index (χ1v) is 10.3. The average molecular weight is 388 g/mol. The van der Waals surface area contributed by atoms with Gasteiger partial charge < -0.3 is 19.3 Å². The van der Waals surface area contributed by atoms with Crippen LogP contribution in [0.15, 0.2) is 40.7 Å². The van der Waals surface area contributed by atoms with E-state index in [0.29, 0.717) is 6.42 Å². The molecule has 1 aromatic carbocycles. The average Bonchev–Trinajstić information content (AvgIpc) is 3.39. The second-order valence-electron chi connectivity index (χ2n) is 6.87. The monoisotopic (exact) mass is 387 g/mol. The third-order valence-corrected chi connectivity index (χ3v) is 6.34. The first-order valence-electron chi connectivity index (χ1n) is 9.42. The molecule has 3 aliphatic rings. The van der Waals surface area contributed by atoms with Crippen LogP contribution < -0.4 is 9.80 Å². The zero-order valence-corrected chi connectivity index (χ0v) is 16.4. The quantitative estimate of drug-likeness (QED) is 0.740. The van der Waals surface area contributed by atoms with E-state index in [1.54, 1.807) is 0 Å². The van der Waals surface area contributed by atoms with Crippen LogP contribution in [-0.2, 0) is 14.3 Å². The maximum atomic E-state index is 12.4. The number of aliphatic imine (C=N–C) groups is 1. The molecule has 0 aliphatic carbocycles. The lowest BCUT2D eigenvalue weighted by molar-refractivity contribution is -0.143. The van der Waals surface area contributed by atoms with E-state index in [2.05, 4.69) is 34.1 Å². The van der Waals surface area contributed by atoms with E-state index >= 15 is 0 Å². The van der Waals surface area contributed by atoms with Gasteiger partial charge >= 0.3 is 5.97 Å². The van der Waals surface area contributed by atoms with Gasteiger partial charge in [0.15, 0.2) is 0 Å². The molecule has 2 saturated heterocycles. The van der Waals surface area contributed by atoms with Gasteiger partial charge in [-0.3, -0.25) is 0 Å². The molecule has 6 nitrogen and oxygen atoms in total. The topological polar surface area (TPSA) is 54.4 Å². The van der Waals surface area contributed by atoms with Crippen molar-refractivity contribution in [3.63, 3.8) is 0 Å². The van der Waals surface area contributed by atoms with Gasteiger partial charge in [-0.2, -0.15) is 0 Å². The van der Waals surface area contributed by atoms with Crippen LogP contribution in [0.25, 0.3) is 0 Å². The molecule has 1 atom stereocenters. The number of hydrogen-bond acceptors (Lipinski definition) is 6. The minimum absolute atomic E-state index is 0.278. The molecular weight excluding hydrogens is 362 g/mol. The van der Waals surface area contributed by atoms with Crippen LogP contribution in [0.4, 0.5) is 11.4 Å². The summed E-state index contributed by atoms with van der Waals surface area (Å²) in [6, 6.07) is 8.63. The van der Waals surface area contributed by atoms with Crippen molar-refractivity contribution in [3.05, 3.63) is 35.7 Å². The third kappa shape index (κ3) is 3.71. The lowest BCUT2D eigenvalue weighted by Crippen LogP contribution is -2.36. The number of carbonyl (C=O) groups excluding carboxylic acids is 1. The Morgan fingerprint density at radius 2 is 1.93 bits per heavy atom. The summed E-state index contributed by atoms with van der Waals surface area (Å²) in [4.78, 5) is 21.0. The Morgan fingerprint density at radius 3 is 2.59 bits per heavy atom. The highest BCUT2D eigenvalue weighted by Gasteiger charge is 2.42. The molecule has 4 rings (SSSR count). The normalized spacial score (nSPS) is 26.8. The predicted molar refractivity (Wildman–Crippen MR) is 110 cm³/mol. The van der Waals surface area contributed by atoms with E-state index in [-0.39, 0.29) is 5.97 Å². The summed E-state index contributed by atoms with van der Waals surface area (Å²) in [5.41, 5.74) is 2.35. The zero-order valence-electron chi connectivity index (χ0n) is 15.6. The SMILES string of the molecule is COC(=O)C1(N=C2CCCN2c2ccc(N3CCOCC3)cc2)CC=CS1. The number of anilines is 2. The second-order valence-corrected chi connectivity index (χ2v) is 8.05. The Bertz CT molecular complexity index is 733. The summed E-state index contributed by atoms with van der Waals surface area (Å²) >= 11 is 1.44. The number of amidine groups is 1. The van der Waals surface area contributed by atoms with Gasteiger partial charge in [0, 0.05) is 43.9 Å². The third-order valence-electron chi connectivity index (χ3n) is 5.20. The molecule has 7 heteroatoms. The highest BCUT2D eigenvalue weighted by molar-refractivity contribution is 8.04. The fourth-order valence-electron chi connectivity index (χ4n) is 3.75. The Morgan fingerprint density at radius 1 is 1.19 bits per heavy atom. The molecule has 0 amide bonds. The van der Waals surface area contributed by atoms with Crippen LogP contribution in [0.3, 0.4) is 0 Å². The van der Waals surface area contributed by atoms with Gasteiger partial charge in [-0.05, 0) is 36.1 Å². The van der Waals surface area contributed by atoms with Crippen molar-refractivity contribution >= 4 is 34.9 Å². The lowest BCUT2D eigenvalue weighted by Gasteiger charge is -2.29. The van der Waals surface area contributed by atoms with Gasteiger partial charge in [0.05, 0.1) is 20.3 Å². The highest BCUT2D eigenvalue weighted by atomic mass is 32.2. The number of hydrogen-bond donors (Lipinski definition) is 0. The minimum atomic E-state index is -0.861. The van der Waals surface area contributed by atoms with Crippen molar-refractivity contribution < 1.29 is 14.3 Å². The molecular formula is C20H25N3O3S. The lowest BCUT2D eigenvalue weighted by atomic mass is 10.2. The summed E-state index contributed by atoms with van der Waals surface area (Å²) in [5, 5.41) is 1.94. The summed E-state index contributed by atoms with van der Waals surface area (Å²) < 4.78 is 10.5. The van der Waals surface area contributed by atoms with E-state index in [0.717, 1.165) is 57.2 Å². The number of morpholine rings is 1. The van der Waals surface area contributed by atoms with E-state index in [1.165, 1.54) is 24.6 Å². The van der Waals surface area contributed by atoms with E-state index < -0.39 is 4.87 Å². The fourth-order valence-corrected chi connectivity index (χ4v) is 4.70. The van der Waals surface area contributed by atoms with Crippen LogP contribution in [0.5, 0.6) is 0 Å². The maximum absolute atomic E-state index is 12.4. The predicted octanol–water partition coefficient (Wildman–Crippen LogP) is 3.04. The van der Waals surface area contributed by atoms with E-state index in [1.807, 2.05) is 11.5 Å². The standard InChI is InChI=1S/C20H25N3O3S/c1-25-19(24)20(9-3-15-27-20)21-18-4-2-10-23(18)17-7-5-16(6-8-17)22-11-13-26-14-12-22/h3,5-8,15H,2,4,9-14H2,1H3. The molecule has 1 aromatic rings. The van der Waals surface area contributed by atoms with Crippen LogP contribution in [0, 0.1) is 0 Å². The molecule has 0 spiro atoms. The molecule has 0 N–H and O–H groups in total. The van der Waals surface area contributed by atoms with Crippen molar-refractivity contribution in [2.24, 2.45) is 4.99 Å². The van der Waals surface area contributed by atoms with Crippen molar-refractivity contribution in [1.29, 1.82) is 0 Å². The Kier molecular flexibility index (Phi) is 5.41. The van der Waals surface area contributed by atoms with Gasteiger partial charge in [-0.1, -0.05) is 17.8 Å². The number of rotatable bonds is 4. The number of carbonyl (C=O) groups is 1.